The van der Waals surface area contributed by atoms with E-state index in [0.29, 0.717) is 18.0 Å². The number of carbonyl (C=O) groups excluding carboxylic acids is 2. The number of carbonyl (C=O) groups is 2. The fourth-order valence-electron chi connectivity index (χ4n) is 4.11. The van der Waals surface area contributed by atoms with Gasteiger partial charge >= 0.3 is 0 Å². The van der Waals surface area contributed by atoms with Gasteiger partial charge in [-0.25, -0.2) is 9.97 Å². The number of amides is 2. The van der Waals surface area contributed by atoms with Gasteiger partial charge in [0.15, 0.2) is 6.61 Å². The molecule has 8 nitrogen and oxygen atoms in total. The molecule has 0 radical (unpaired) electrons. The van der Waals surface area contributed by atoms with E-state index < -0.39 is 0 Å². The predicted molar refractivity (Wildman–Crippen MR) is 132 cm³/mol. The van der Waals surface area contributed by atoms with Crippen molar-refractivity contribution in [1.29, 1.82) is 0 Å². The van der Waals surface area contributed by atoms with Gasteiger partial charge in [-0.1, -0.05) is 0 Å². The zero-order chi connectivity index (χ0) is 22.9. The number of nitrogens with two attached hydrogens (primary N) is 1. The molecule has 0 spiro atoms. The molecule has 3 aromatic heterocycles. The molecule has 1 saturated heterocycles. The number of ether oxygens (including phenoxy) is 1. The summed E-state index contributed by atoms with van der Waals surface area (Å²) < 4.78 is 8.01. The number of fused-ring (bicyclic) bond motifs is 3. The number of benzene rings is 1. The molecule has 1 atom stereocenters. The number of nitrogens with one attached hydrogen (secondary N) is 1. The number of nitrogens with zero attached hydrogens (tertiary/aromatic N) is 3. The van der Waals surface area contributed by atoms with Crippen molar-refractivity contribution in [1.82, 2.24) is 9.97 Å². The number of piperidine rings is 1. The Morgan fingerprint density at radius 3 is 3.00 bits per heavy atom. The van der Waals surface area contributed by atoms with Gasteiger partial charge in [0.1, 0.15) is 11.6 Å². The number of primary amides is 1. The Kier molecular flexibility index (Phi) is 5.86. The maximum absolute atomic E-state index is 12.5. The fourth-order valence-corrected chi connectivity index (χ4v) is 5.94. The van der Waals surface area contributed by atoms with Crippen LogP contribution in [0.1, 0.15) is 17.8 Å². The highest BCUT2D eigenvalue weighted by Crippen LogP contribution is 2.38. The van der Waals surface area contributed by atoms with Crippen LogP contribution in [0.4, 0.5) is 11.5 Å². The predicted octanol–water partition coefficient (Wildman–Crippen LogP) is 3.93. The first kappa shape index (κ1) is 21.6. The van der Waals surface area contributed by atoms with Gasteiger partial charge in [0.25, 0.3) is 5.91 Å². The van der Waals surface area contributed by atoms with Crippen LogP contribution in [0.2, 0.25) is 0 Å². The summed E-state index contributed by atoms with van der Waals surface area (Å²) >= 11 is 3.23. The monoisotopic (exact) mass is 481 g/mol. The minimum absolute atomic E-state index is 0.109. The van der Waals surface area contributed by atoms with E-state index in [0.717, 1.165) is 50.5 Å². The van der Waals surface area contributed by atoms with Crippen molar-refractivity contribution in [2.24, 2.45) is 11.7 Å². The smallest absolute Gasteiger partial charge is 0.262 e. The van der Waals surface area contributed by atoms with Crippen LogP contribution in [0.25, 0.3) is 20.3 Å². The van der Waals surface area contributed by atoms with E-state index in [-0.39, 0.29) is 24.3 Å². The van der Waals surface area contributed by atoms with Crippen LogP contribution in [0.3, 0.4) is 0 Å². The number of hydrogen-bond acceptors (Lipinski definition) is 8. The summed E-state index contributed by atoms with van der Waals surface area (Å²) in [7, 11) is 0. The molecule has 1 aliphatic rings. The van der Waals surface area contributed by atoms with E-state index in [1.807, 2.05) is 30.5 Å². The first-order valence-corrected chi connectivity index (χ1v) is 12.4. The first-order chi connectivity index (χ1) is 16.0. The molecule has 170 valence electrons. The van der Waals surface area contributed by atoms with Crippen molar-refractivity contribution in [2.45, 2.75) is 19.8 Å². The Morgan fingerprint density at radius 2 is 2.21 bits per heavy atom. The molecule has 5 rings (SSSR count). The molecule has 2 amide bonds. The van der Waals surface area contributed by atoms with E-state index in [1.165, 1.54) is 0 Å². The third-order valence-corrected chi connectivity index (χ3v) is 7.55. The topological polar surface area (TPSA) is 110 Å². The third kappa shape index (κ3) is 4.49. The summed E-state index contributed by atoms with van der Waals surface area (Å²) in [6.07, 6.45) is 3.33. The minimum atomic E-state index is -0.270. The number of aromatic nitrogens is 2. The second-order valence-corrected chi connectivity index (χ2v) is 10.2. The highest BCUT2D eigenvalue weighted by Gasteiger charge is 2.24. The molecule has 0 saturated carbocycles. The Hall–Kier alpha value is -3.24. The number of aryl methyl sites for hydroxylation is 1. The van der Waals surface area contributed by atoms with E-state index >= 15 is 0 Å². The Morgan fingerprint density at radius 1 is 1.33 bits per heavy atom. The molecule has 1 aliphatic heterocycles. The second-order valence-electron chi connectivity index (χ2n) is 8.05. The minimum Gasteiger partial charge on any atom is -0.483 e. The molecule has 4 heterocycles. The average molecular weight is 482 g/mol. The maximum Gasteiger partial charge on any atom is 0.262 e. The van der Waals surface area contributed by atoms with Crippen molar-refractivity contribution >= 4 is 66.3 Å². The molecule has 10 heteroatoms. The van der Waals surface area contributed by atoms with Crippen molar-refractivity contribution in [3.63, 3.8) is 0 Å². The molecule has 1 fully saturated rings. The number of rotatable bonds is 6. The van der Waals surface area contributed by atoms with Gasteiger partial charge in [-0.3, -0.25) is 9.59 Å². The summed E-state index contributed by atoms with van der Waals surface area (Å²) in [4.78, 5) is 35.1. The van der Waals surface area contributed by atoms with Gasteiger partial charge in [-0.05, 0) is 43.3 Å². The molecule has 0 bridgehead atoms. The van der Waals surface area contributed by atoms with Gasteiger partial charge in [0, 0.05) is 24.5 Å². The maximum atomic E-state index is 12.5. The largest absolute Gasteiger partial charge is 0.483 e. The molecule has 3 N–H and O–H groups in total. The van der Waals surface area contributed by atoms with Crippen LogP contribution in [-0.2, 0) is 9.59 Å². The lowest BCUT2D eigenvalue weighted by atomic mass is 9.97. The van der Waals surface area contributed by atoms with Crippen molar-refractivity contribution in [3.8, 4) is 5.75 Å². The van der Waals surface area contributed by atoms with Crippen molar-refractivity contribution in [2.75, 3.05) is 29.9 Å². The zero-order valence-corrected chi connectivity index (χ0v) is 19.7. The van der Waals surface area contributed by atoms with E-state index in [9.17, 15) is 9.59 Å². The highest BCUT2D eigenvalue weighted by molar-refractivity contribution is 7.21. The summed E-state index contributed by atoms with van der Waals surface area (Å²) in [6, 6.07) is 7.59. The first-order valence-electron chi connectivity index (χ1n) is 10.7. The van der Waals surface area contributed by atoms with Crippen LogP contribution >= 0.6 is 22.7 Å². The van der Waals surface area contributed by atoms with Crippen LogP contribution < -0.4 is 20.7 Å². The molecule has 1 aromatic carbocycles. The van der Waals surface area contributed by atoms with E-state index in [1.54, 1.807) is 34.9 Å². The number of anilines is 2. The van der Waals surface area contributed by atoms with Crippen LogP contribution in [0, 0.1) is 12.8 Å². The quantitative estimate of drug-likeness (QED) is 0.432. The Balaban J connectivity index is 1.22. The number of pyridine rings is 1. The highest BCUT2D eigenvalue weighted by atomic mass is 32.1. The molecule has 33 heavy (non-hydrogen) atoms. The van der Waals surface area contributed by atoms with Gasteiger partial charge in [0.05, 0.1) is 37.7 Å². The van der Waals surface area contributed by atoms with Crippen LogP contribution in [0.5, 0.6) is 5.75 Å². The summed E-state index contributed by atoms with van der Waals surface area (Å²) in [5, 5.41) is 6.80. The number of thiazole rings is 1. The molecule has 1 unspecified atom stereocenters. The van der Waals surface area contributed by atoms with Gasteiger partial charge in [-0.2, -0.15) is 0 Å². The molecule has 0 aliphatic carbocycles. The van der Waals surface area contributed by atoms with Gasteiger partial charge in [-0.15, -0.1) is 22.7 Å². The van der Waals surface area contributed by atoms with Crippen LogP contribution in [-0.4, -0.2) is 41.5 Å². The lowest BCUT2D eigenvalue weighted by Crippen LogP contribution is -2.41. The van der Waals surface area contributed by atoms with E-state index in [4.69, 9.17) is 10.5 Å². The SMILES string of the molecule is Cc1nc2c(cc(OCC(=O)Nc3ccc(N4CCCC(C(N)=O)C4)nc3)c3ccsc32)s1. The Bertz CT molecular complexity index is 1330. The fraction of sp³-hybridized carbons (Fsp3) is 0.304. The number of thiophene rings is 1. The van der Waals surface area contributed by atoms with Crippen molar-refractivity contribution < 1.29 is 14.3 Å². The Labute approximate surface area is 198 Å². The third-order valence-electron chi connectivity index (χ3n) is 5.71. The molecular formula is C23H23N5O3S2. The lowest BCUT2D eigenvalue weighted by Gasteiger charge is -2.32. The van der Waals surface area contributed by atoms with Gasteiger partial charge < -0.3 is 20.7 Å². The summed E-state index contributed by atoms with van der Waals surface area (Å²) in [5.74, 6) is 0.761. The zero-order valence-electron chi connectivity index (χ0n) is 18.0. The summed E-state index contributed by atoms with van der Waals surface area (Å²) in [5.41, 5.74) is 7.04. The summed E-state index contributed by atoms with van der Waals surface area (Å²) in [6.45, 7) is 3.28. The lowest BCUT2D eigenvalue weighted by molar-refractivity contribution is -0.122. The molecule has 4 aromatic rings. The number of hydrogen-bond donors (Lipinski definition) is 2. The van der Waals surface area contributed by atoms with E-state index in [2.05, 4.69) is 20.2 Å². The average Bonchev–Trinajstić information content (AvgIpc) is 3.44. The van der Waals surface area contributed by atoms with Crippen LogP contribution in [0.15, 0.2) is 35.8 Å². The van der Waals surface area contributed by atoms with Crippen molar-refractivity contribution in [3.05, 3.63) is 40.8 Å². The van der Waals surface area contributed by atoms with Gasteiger partial charge in [0.2, 0.25) is 5.91 Å². The normalized spacial score (nSPS) is 16.3. The second kappa shape index (κ2) is 8.95. The standard InChI is InChI=1S/C23H23N5O3S2/c1-13-26-21-18(33-13)9-17(16-6-8-32-22(16)21)31-12-20(29)27-15-4-5-19(25-10-15)28-7-2-3-14(11-28)23(24)30/h4-6,8-10,14H,2-3,7,11-12H2,1H3,(H2,24,30)(H,27,29). The molecular weight excluding hydrogens is 458 g/mol.